The molecule has 0 amide bonds. The summed E-state index contributed by atoms with van der Waals surface area (Å²) < 4.78 is 5.40. The highest BCUT2D eigenvalue weighted by molar-refractivity contribution is 7.10. The molecule has 1 aromatic rings. The molecule has 2 atom stereocenters. The van der Waals surface area contributed by atoms with Gasteiger partial charge in [0.2, 0.25) is 0 Å². The van der Waals surface area contributed by atoms with Crippen LogP contribution in [0, 0.1) is 6.92 Å². The van der Waals surface area contributed by atoms with E-state index in [2.05, 4.69) is 0 Å². The molecule has 72 valence electrons. The predicted molar refractivity (Wildman–Crippen MR) is 53.0 cm³/mol. The SMILES string of the molecule is Cc1ccsc1C1(O)CCOC1C. The van der Waals surface area contributed by atoms with Crippen molar-refractivity contribution in [2.45, 2.75) is 32.0 Å². The van der Waals surface area contributed by atoms with Gasteiger partial charge in [0.05, 0.1) is 12.7 Å². The molecule has 1 N–H and O–H groups in total. The van der Waals surface area contributed by atoms with E-state index >= 15 is 0 Å². The summed E-state index contributed by atoms with van der Waals surface area (Å²) in [5.41, 5.74) is 0.433. The van der Waals surface area contributed by atoms with Crippen molar-refractivity contribution in [2.24, 2.45) is 0 Å². The quantitative estimate of drug-likeness (QED) is 0.748. The van der Waals surface area contributed by atoms with Crippen LogP contribution >= 0.6 is 11.3 Å². The van der Waals surface area contributed by atoms with E-state index in [1.54, 1.807) is 11.3 Å². The molecule has 1 aliphatic rings. The second kappa shape index (κ2) is 3.08. The van der Waals surface area contributed by atoms with Gasteiger partial charge in [0.1, 0.15) is 5.60 Å². The van der Waals surface area contributed by atoms with E-state index in [1.807, 2.05) is 25.3 Å². The van der Waals surface area contributed by atoms with Crippen LogP contribution in [0.25, 0.3) is 0 Å². The minimum absolute atomic E-state index is 0.0788. The maximum Gasteiger partial charge on any atom is 0.127 e. The van der Waals surface area contributed by atoms with Crippen LogP contribution < -0.4 is 0 Å². The lowest BCUT2D eigenvalue weighted by Gasteiger charge is -2.25. The van der Waals surface area contributed by atoms with E-state index in [0.717, 1.165) is 11.3 Å². The van der Waals surface area contributed by atoms with E-state index in [1.165, 1.54) is 5.56 Å². The molecule has 0 saturated carbocycles. The first kappa shape index (κ1) is 9.19. The number of aliphatic hydroxyl groups is 1. The number of aryl methyl sites for hydroxylation is 1. The first-order valence-electron chi connectivity index (χ1n) is 4.53. The Morgan fingerprint density at radius 1 is 1.69 bits per heavy atom. The van der Waals surface area contributed by atoms with Gasteiger partial charge in [-0.05, 0) is 30.9 Å². The third kappa shape index (κ3) is 1.31. The molecule has 0 radical (unpaired) electrons. The maximum atomic E-state index is 10.4. The van der Waals surface area contributed by atoms with Crippen molar-refractivity contribution in [1.29, 1.82) is 0 Å². The minimum atomic E-state index is -0.738. The van der Waals surface area contributed by atoms with Gasteiger partial charge < -0.3 is 9.84 Å². The fourth-order valence-electron chi connectivity index (χ4n) is 1.85. The largest absolute Gasteiger partial charge is 0.381 e. The van der Waals surface area contributed by atoms with E-state index in [0.29, 0.717) is 6.61 Å². The summed E-state index contributed by atoms with van der Waals surface area (Å²) in [4.78, 5) is 1.07. The summed E-state index contributed by atoms with van der Waals surface area (Å²) in [5, 5.41) is 12.4. The van der Waals surface area contributed by atoms with Crippen LogP contribution in [0.2, 0.25) is 0 Å². The molecule has 1 aromatic heterocycles. The molecule has 1 fully saturated rings. The average molecular weight is 198 g/mol. The highest BCUT2D eigenvalue weighted by Crippen LogP contribution is 2.39. The summed E-state index contributed by atoms with van der Waals surface area (Å²) >= 11 is 1.62. The van der Waals surface area contributed by atoms with Crippen LogP contribution in [0.1, 0.15) is 23.8 Å². The summed E-state index contributed by atoms with van der Waals surface area (Å²) in [5.74, 6) is 0. The molecule has 13 heavy (non-hydrogen) atoms. The van der Waals surface area contributed by atoms with E-state index in [-0.39, 0.29) is 6.10 Å². The second-order valence-electron chi connectivity index (χ2n) is 3.62. The zero-order valence-electron chi connectivity index (χ0n) is 7.91. The molecule has 0 spiro atoms. The Morgan fingerprint density at radius 2 is 2.46 bits per heavy atom. The molecule has 1 saturated heterocycles. The summed E-state index contributed by atoms with van der Waals surface area (Å²) in [6.07, 6.45) is 0.639. The van der Waals surface area contributed by atoms with Crippen molar-refractivity contribution < 1.29 is 9.84 Å². The van der Waals surface area contributed by atoms with Gasteiger partial charge in [0, 0.05) is 11.3 Å². The van der Waals surface area contributed by atoms with Crippen molar-refractivity contribution >= 4 is 11.3 Å². The van der Waals surface area contributed by atoms with Crippen molar-refractivity contribution in [3.63, 3.8) is 0 Å². The Labute approximate surface area is 82.2 Å². The molecular formula is C10H14O2S. The van der Waals surface area contributed by atoms with Crippen LogP contribution in [0.4, 0.5) is 0 Å². The van der Waals surface area contributed by atoms with Crippen LogP contribution in [0.5, 0.6) is 0 Å². The third-order valence-electron chi connectivity index (χ3n) is 2.78. The first-order chi connectivity index (χ1) is 6.14. The lowest BCUT2D eigenvalue weighted by molar-refractivity contribution is -0.0294. The van der Waals surface area contributed by atoms with Crippen LogP contribution in [-0.2, 0) is 10.3 Å². The number of rotatable bonds is 1. The monoisotopic (exact) mass is 198 g/mol. The van der Waals surface area contributed by atoms with Gasteiger partial charge >= 0.3 is 0 Å². The second-order valence-corrected chi connectivity index (χ2v) is 4.54. The minimum Gasteiger partial charge on any atom is -0.381 e. The Bertz CT molecular complexity index is 308. The zero-order chi connectivity index (χ0) is 9.47. The van der Waals surface area contributed by atoms with Crippen LogP contribution in [0.3, 0.4) is 0 Å². The average Bonchev–Trinajstić information content (AvgIpc) is 2.62. The first-order valence-corrected chi connectivity index (χ1v) is 5.41. The van der Waals surface area contributed by atoms with Crippen molar-refractivity contribution in [3.05, 3.63) is 21.9 Å². The fraction of sp³-hybridized carbons (Fsp3) is 0.600. The van der Waals surface area contributed by atoms with Crippen molar-refractivity contribution in [1.82, 2.24) is 0 Å². The Hall–Kier alpha value is -0.380. The normalized spacial score (nSPS) is 33.9. The van der Waals surface area contributed by atoms with Gasteiger partial charge in [-0.25, -0.2) is 0 Å². The van der Waals surface area contributed by atoms with Gasteiger partial charge in [-0.1, -0.05) is 0 Å². The standard InChI is InChI=1S/C10H14O2S/c1-7-3-6-13-9(7)10(11)4-5-12-8(10)2/h3,6,8,11H,4-5H2,1-2H3. The highest BCUT2D eigenvalue weighted by Gasteiger charge is 2.42. The lowest BCUT2D eigenvalue weighted by atomic mass is 9.93. The number of hydrogen-bond donors (Lipinski definition) is 1. The molecule has 3 heteroatoms. The zero-order valence-corrected chi connectivity index (χ0v) is 8.73. The number of hydrogen-bond acceptors (Lipinski definition) is 3. The Morgan fingerprint density at radius 3 is 2.92 bits per heavy atom. The molecule has 0 aliphatic carbocycles. The Kier molecular flexibility index (Phi) is 2.18. The fourth-order valence-corrected chi connectivity index (χ4v) is 2.98. The van der Waals surface area contributed by atoms with Gasteiger partial charge in [-0.2, -0.15) is 0 Å². The number of ether oxygens (including phenoxy) is 1. The summed E-state index contributed by atoms with van der Waals surface area (Å²) in [7, 11) is 0. The molecule has 2 nitrogen and oxygen atoms in total. The third-order valence-corrected chi connectivity index (χ3v) is 3.96. The van der Waals surface area contributed by atoms with Gasteiger partial charge in [0.15, 0.2) is 0 Å². The van der Waals surface area contributed by atoms with Crippen molar-refractivity contribution in [2.75, 3.05) is 6.61 Å². The summed E-state index contributed by atoms with van der Waals surface area (Å²) in [6, 6.07) is 2.04. The molecule has 2 heterocycles. The molecule has 1 aliphatic heterocycles. The molecule has 2 unspecified atom stereocenters. The molecular weight excluding hydrogens is 184 g/mol. The smallest absolute Gasteiger partial charge is 0.127 e. The van der Waals surface area contributed by atoms with Crippen LogP contribution in [0.15, 0.2) is 11.4 Å². The van der Waals surface area contributed by atoms with Gasteiger partial charge in [-0.15, -0.1) is 11.3 Å². The summed E-state index contributed by atoms with van der Waals surface area (Å²) in [6.45, 7) is 4.63. The van der Waals surface area contributed by atoms with E-state index < -0.39 is 5.60 Å². The maximum absolute atomic E-state index is 10.4. The lowest BCUT2D eigenvalue weighted by Crippen LogP contribution is -2.32. The van der Waals surface area contributed by atoms with Crippen LogP contribution in [-0.4, -0.2) is 17.8 Å². The molecule has 0 bridgehead atoms. The molecule has 2 rings (SSSR count). The predicted octanol–water partition coefficient (Wildman–Crippen LogP) is 2.05. The highest BCUT2D eigenvalue weighted by atomic mass is 32.1. The van der Waals surface area contributed by atoms with E-state index in [4.69, 9.17) is 4.74 Å². The van der Waals surface area contributed by atoms with Gasteiger partial charge in [0.25, 0.3) is 0 Å². The van der Waals surface area contributed by atoms with Crippen molar-refractivity contribution in [3.8, 4) is 0 Å². The van der Waals surface area contributed by atoms with Gasteiger partial charge in [-0.3, -0.25) is 0 Å². The molecule has 0 aromatic carbocycles. The van der Waals surface area contributed by atoms with E-state index in [9.17, 15) is 5.11 Å². The Balaban J connectivity index is 2.39. The number of thiophene rings is 1. The topological polar surface area (TPSA) is 29.5 Å².